The first-order valence-corrected chi connectivity index (χ1v) is 6.33. The lowest BCUT2D eigenvalue weighted by molar-refractivity contribution is 0.0935. The SMILES string of the molecule is Cc1cc(C(=O)NCC2(CCO)CC2)nc(Cl)n1. The van der Waals surface area contributed by atoms with Crippen molar-refractivity contribution in [1.82, 2.24) is 15.3 Å². The normalized spacial score (nSPS) is 16.4. The minimum atomic E-state index is -0.244. The van der Waals surface area contributed by atoms with Crippen molar-refractivity contribution >= 4 is 17.5 Å². The predicted molar refractivity (Wildman–Crippen MR) is 67.5 cm³/mol. The van der Waals surface area contributed by atoms with Gasteiger partial charge in [0.2, 0.25) is 5.28 Å². The van der Waals surface area contributed by atoms with E-state index in [1.54, 1.807) is 13.0 Å². The number of carbonyl (C=O) groups is 1. The Labute approximate surface area is 111 Å². The Balaban J connectivity index is 1.95. The van der Waals surface area contributed by atoms with Crippen molar-refractivity contribution in [2.75, 3.05) is 13.2 Å². The van der Waals surface area contributed by atoms with E-state index in [-0.39, 0.29) is 28.9 Å². The average molecular weight is 270 g/mol. The molecular weight excluding hydrogens is 254 g/mol. The maximum absolute atomic E-state index is 11.9. The molecule has 2 N–H and O–H groups in total. The number of aromatic nitrogens is 2. The van der Waals surface area contributed by atoms with Crippen LogP contribution in [0.5, 0.6) is 0 Å². The van der Waals surface area contributed by atoms with Gasteiger partial charge in [0.15, 0.2) is 0 Å². The van der Waals surface area contributed by atoms with E-state index >= 15 is 0 Å². The maximum Gasteiger partial charge on any atom is 0.270 e. The zero-order valence-electron chi connectivity index (χ0n) is 10.2. The van der Waals surface area contributed by atoms with E-state index in [2.05, 4.69) is 15.3 Å². The van der Waals surface area contributed by atoms with E-state index < -0.39 is 0 Å². The molecule has 1 aromatic heterocycles. The summed E-state index contributed by atoms with van der Waals surface area (Å²) in [5.74, 6) is -0.244. The number of aryl methyl sites for hydroxylation is 1. The number of hydrogen-bond donors (Lipinski definition) is 2. The summed E-state index contributed by atoms with van der Waals surface area (Å²) in [6.07, 6.45) is 2.84. The van der Waals surface area contributed by atoms with E-state index in [1.807, 2.05) is 0 Å². The fourth-order valence-electron chi connectivity index (χ4n) is 1.94. The van der Waals surface area contributed by atoms with Crippen molar-refractivity contribution in [2.45, 2.75) is 26.2 Å². The number of carbonyl (C=O) groups excluding carboxylic acids is 1. The molecular formula is C12H16ClN3O2. The standard InChI is InChI=1S/C12H16ClN3O2/c1-8-6-9(16-11(13)15-8)10(18)14-7-12(2-3-12)4-5-17/h6,17H,2-5,7H2,1H3,(H,14,18). The van der Waals surface area contributed by atoms with Crippen molar-refractivity contribution in [3.05, 3.63) is 22.7 Å². The quantitative estimate of drug-likeness (QED) is 0.791. The first-order valence-electron chi connectivity index (χ1n) is 5.95. The van der Waals surface area contributed by atoms with E-state index in [4.69, 9.17) is 16.7 Å². The Kier molecular flexibility index (Phi) is 3.82. The highest BCUT2D eigenvalue weighted by Gasteiger charge is 2.41. The topological polar surface area (TPSA) is 75.1 Å². The molecule has 0 spiro atoms. The van der Waals surface area contributed by atoms with Crippen LogP contribution in [0, 0.1) is 12.3 Å². The molecule has 1 saturated carbocycles. The third kappa shape index (κ3) is 3.17. The van der Waals surface area contributed by atoms with Gasteiger partial charge in [0.1, 0.15) is 5.69 Å². The van der Waals surface area contributed by atoms with Crippen LogP contribution in [0.3, 0.4) is 0 Å². The van der Waals surface area contributed by atoms with Crippen molar-refractivity contribution in [1.29, 1.82) is 0 Å². The number of hydrogen-bond acceptors (Lipinski definition) is 4. The van der Waals surface area contributed by atoms with Crippen molar-refractivity contribution in [3.8, 4) is 0 Å². The molecule has 1 aromatic rings. The second-order valence-corrected chi connectivity index (χ2v) is 5.16. The Bertz CT molecular complexity index is 440. The third-order valence-electron chi connectivity index (χ3n) is 3.28. The molecule has 0 bridgehead atoms. The molecule has 2 rings (SSSR count). The summed E-state index contributed by atoms with van der Waals surface area (Å²) >= 11 is 5.71. The highest BCUT2D eigenvalue weighted by molar-refractivity contribution is 6.28. The Morgan fingerprint density at radius 2 is 2.28 bits per heavy atom. The van der Waals surface area contributed by atoms with E-state index in [1.165, 1.54) is 0 Å². The molecule has 0 unspecified atom stereocenters. The van der Waals surface area contributed by atoms with Gasteiger partial charge in [0.25, 0.3) is 5.91 Å². The van der Waals surface area contributed by atoms with Crippen molar-refractivity contribution in [3.63, 3.8) is 0 Å². The van der Waals surface area contributed by atoms with Gasteiger partial charge in [0.05, 0.1) is 0 Å². The average Bonchev–Trinajstić information content (AvgIpc) is 3.06. The van der Waals surface area contributed by atoms with Gasteiger partial charge >= 0.3 is 0 Å². The number of nitrogens with zero attached hydrogens (tertiary/aromatic N) is 2. The first-order chi connectivity index (χ1) is 8.54. The summed E-state index contributed by atoms with van der Waals surface area (Å²) < 4.78 is 0. The summed E-state index contributed by atoms with van der Waals surface area (Å²) in [6, 6.07) is 1.60. The molecule has 98 valence electrons. The van der Waals surface area contributed by atoms with Crippen molar-refractivity contribution in [2.24, 2.45) is 5.41 Å². The van der Waals surface area contributed by atoms with Crippen LogP contribution in [0.25, 0.3) is 0 Å². The summed E-state index contributed by atoms with van der Waals surface area (Å²) in [5.41, 5.74) is 1.04. The molecule has 0 aliphatic heterocycles. The van der Waals surface area contributed by atoms with Crippen LogP contribution < -0.4 is 5.32 Å². The first kappa shape index (κ1) is 13.2. The lowest BCUT2D eigenvalue weighted by Crippen LogP contribution is -2.31. The fraction of sp³-hybridized carbons (Fsp3) is 0.583. The number of aliphatic hydroxyl groups is 1. The number of amides is 1. The highest BCUT2D eigenvalue weighted by atomic mass is 35.5. The largest absolute Gasteiger partial charge is 0.396 e. The molecule has 1 amide bonds. The van der Waals surface area contributed by atoms with E-state index in [0.29, 0.717) is 12.2 Å². The zero-order chi connectivity index (χ0) is 13.2. The van der Waals surface area contributed by atoms with Gasteiger partial charge in [-0.05, 0) is 49.3 Å². The Morgan fingerprint density at radius 3 is 2.83 bits per heavy atom. The van der Waals surface area contributed by atoms with Crippen LogP contribution in [0.15, 0.2) is 6.07 Å². The lowest BCUT2D eigenvalue weighted by atomic mass is 10.0. The molecule has 0 saturated heterocycles. The molecule has 1 fully saturated rings. The van der Waals surface area contributed by atoms with Crippen LogP contribution in [0.1, 0.15) is 35.4 Å². The smallest absolute Gasteiger partial charge is 0.270 e. The summed E-state index contributed by atoms with van der Waals surface area (Å²) in [4.78, 5) is 19.7. The third-order valence-corrected chi connectivity index (χ3v) is 3.45. The fourth-order valence-corrected chi connectivity index (χ4v) is 2.16. The van der Waals surface area contributed by atoms with Gasteiger partial charge in [-0.1, -0.05) is 0 Å². The second kappa shape index (κ2) is 5.20. The van der Waals surface area contributed by atoms with Crippen LogP contribution in [-0.2, 0) is 0 Å². The van der Waals surface area contributed by atoms with Crippen molar-refractivity contribution < 1.29 is 9.90 Å². The minimum Gasteiger partial charge on any atom is -0.396 e. The van der Waals surface area contributed by atoms with Gasteiger partial charge in [-0.25, -0.2) is 9.97 Å². The summed E-state index contributed by atoms with van der Waals surface area (Å²) in [7, 11) is 0. The maximum atomic E-state index is 11.9. The van der Waals surface area contributed by atoms with E-state index in [9.17, 15) is 4.79 Å². The Morgan fingerprint density at radius 1 is 1.56 bits per heavy atom. The lowest BCUT2D eigenvalue weighted by Gasteiger charge is -2.14. The highest BCUT2D eigenvalue weighted by Crippen LogP contribution is 2.47. The number of rotatable bonds is 5. The molecule has 1 heterocycles. The molecule has 0 radical (unpaired) electrons. The Hall–Kier alpha value is -1.20. The van der Waals surface area contributed by atoms with Crippen LogP contribution >= 0.6 is 11.6 Å². The summed E-state index contributed by atoms with van der Waals surface area (Å²) in [6.45, 7) is 2.50. The van der Waals surface area contributed by atoms with Gasteiger partial charge in [-0.2, -0.15) is 0 Å². The van der Waals surface area contributed by atoms with Crippen LogP contribution in [-0.4, -0.2) is 34.1 Å². The molecule has 0 aromatic carbocycles. The number of nitrogens with one attached hydrogen (secondary N) is 1. The molecule has 6 heteroatoms. The van der Waals surface area contributed by atoms with E-state index in [0.717, 1.165) is 19.3 Å². The molecule has 18 heavy (non-hydrogen) atoms. The van der Waals surface area contributed by atoms with Gasteiger partial charge in [-0.15, -0.1) is 0 Å². The molecule has 1 aliphatic rings. The second-order valence-electron chi connectivity index (χ2n) is 4.82. The number of aliphatic hydroxyl groups excluding tert-OH is 1. The van der Waals surface area contributed by atoms with Crippen LogP contribution in [0.2, 0.25) is 5.28 Å². The number of halogens is 1. The zero-order valence-corrected chi connectivity index (χ0v) is 11.0. The molecule has 1 aliphatic carbocycles. The van der Waals surface area contributed by atoms with Gasteiger partial charge in [0, 0.05) is 18.8 Å². The molecule has 5 nitrogen and oxygen atoms in total. The van der Waals surface area contributed by atoms with Crippen LogP contribution in [0.4, 0.5) is 0 Å². The predicted octanol–water partition coefficient (Wildman–Crippen LogP) is 1.33. The summed E-state index contributed by atoms with van der Waals surface area (Å²) in [5, 5.41) is 11.9. The monoisotopic (exact) mass is 269 g/mol. The molecule has 0 atom stereocenters. The van der Waals surface area contributed by atoms with Gasteiger partial charge in [-0.3, -0.25) is 4.79 Å². The van der Waals surface area contributed by atoms with Gasteiger partial charge < -0.3 is 10.4 Å². The minimum absolute atomic E-state index is 0.0802.